The van der Waals surface area contributed by atoms with Gasteiger partial charge >= 0.3 is 0 Å². The van der Waals surface area contributed by atoms with Gasteiger partial charge in [-0.3, -0.25) is 4.79 Å². The van der Waals surface area contributed by atoms with Crippen LogP contribution in [0.2, 0.25) is 0 Å². The fourth-order valence-corrected chi connectivity index (χ4v) is 1.93. The van der Waals surface area contributed by atoms with Gasteiger partial charge in [0.05, 0.1) is 0 Å². The van der Waals surface area contributed by atoms with Gasteiger partial charge in [0.1, 0.15) is 0 Å². The van der Waals surface area contributed by atoms with Crippen molar-refractivity contribution in [3.05, 3.63) is 22.7 Å². The molecule has 1 aliphatic heterocycles. The number of nitrogens with zero attached hydrogens (tertiary/aromatic N) is 3. The third kappa shape index (κ3) is 1.82. The van der Waals surface area contributed by atoms with E-state index in [-0.39, 0.29) is 11.6 Å². The predicted molar refractivity (Wildman–Crippen MR) is 63.6 cm³/mol. The summed E-state index contributed by atoms with van der Waals surface area (Å²) in [5, 5.41) is 0. The molecule has 0 unspecified atom stereocenters. The van der Waals surface area contributed by atoms with Crippen LogP contribution in [0, 0.1) is 5.92 Å². The second kappa shape index (κ2) is 4.25. The molecular weight excluding hydrogens is 204 g/mol. The maximum absolute atomic E-state index is 12.1. The minimum absolute atomic E-state index is 0.00651. The maximum Gasteiger partial charge on any atom is 0.293 e. The van der Waals surface area contributed by atoms with Crippen molar-refractivity contribution >= 4 is 5.82 Å². The Bertz CT molecular complexity index is 420. The summed E-state index contributed by atoms with van der Waals surface area (Å²) in [5.41, 5.74) is 5.55. The zero-order chi connectivity index (χ0) is 11.7. The van der Waals surface area contributed by atoms with E-state index in [4.69, 9.17) is 5.73 Å². The maximum atomic E-state index is 12.1. The summed E-state index contributed by atoms with van der Waals surface area (Å²) in [7, 11) is 0. The Labute approximate surface area is 94.9 Å². The Morgan fingerprint density at radius 2 is 2.25 bits per heavy atom. The molecule has 88 valence electrons. The van der Waals surface area contributed by atoms with E-state index in [1.54, 1.807) is 17.0 Å². The molecule has 0 aliphatic carbocycles. The summed E-state index contributed by atoms with van der Waals surface area (Å²) < 4.78 is 1.71. The molecule has 2 N–H and O–H groups in total. The van der Waals surface area contributed by atoms with Crippen LogP contribution in [-0.2, 0) is 0 Å². The molecule has 5 heteroatoms. The van der Waals surface area contributed by atoms with Crippen LogP contribution in [0.3, 0.4) is 0 Å². The van der Waals surface area contributed by atoms with Gasteiger partial charge in [-0.15, -0.1) is 0 Å². The van der Waals surface area contributed by atoms with Gasteiger partial charge in [-0.2, -0.15) is 0 Å². The molecule has 2 rings (SSSR count). The van der Waals surface area contributed by atoms with Crippen molar-refractivity contribution in [3.63, 3.8) is 0 Å². The summed E-state index contributed by atoms with van der Waals surface area (Å²) in [5.74, 6) is 1.06. The first-order valence-corrected chi connectivity index (χ1v) is 5.65. The standard InChI is InChI=1S/C11H18N4O/c1-8(2)15-4-3-13-10(11(15)16)14-6-9(5-12)7-14/h3-4,8-9H,5-7,12H2,1-2H3. The lowest BCUT2D eigenvalue weighted by Gasteiger charge is -2.39. The van der Waals surface area contributed by atoms with Gasteiger partial charge in [0, 0.05) is 37.4 Å². The first kappa shape index (κ1) is 11.1. The molecule has 1 fully saturated rings. The smallest absolute Gasteiger partial charge is 0.293 e. The lowest BCUT2D eigenvalue weighted by molar-refractivity contribution is 0.413. The van der Waals surface area contributed by atoms with E-state index in [1.165, 1.54) is 0 Å². The fourth-order valence-electron chi connectivity index (χ4n) is 1.93. The molecular formula is C11H18N4O. The van der Waals surface area contributed by atoms with Crippen LogP contribution in [0.25, 0.3) is 0 Å². The molecule has 0 bridgehead atoms. The van der Waals surface area contributed by atoms with Gasteiger partial charge in [-0.25, -0.2) is 4.98 Å². The van der Waals surface area contributed by atoms with Crippen LogP contribution >= 0.6 is 0 Å². The van der Waals surface area contributed by atoms with Crippen LogP contribution in [0.5, 0.6) is 0 Å². The number of anilines is 1. The minimum Gasteiger partial charge on any atom is -0.351 e. The summed E-state index contributed by atoms with van der Waals surface area (Å²) in [6.45, 7) is 6.36. The van der Waals surface area contributed by atoms with Gasteiger partial charge in [0.2, 0.25) is 0 Å². The van der Waals surface area contributed by atoms with Crippen molar-refractivity contribution < 1.29 is 0 Å². The Morgan fingerprint density at radius 1 is 1.56 bits per heavy atom. The van der Waals surface area contributed by atoms with Crippen LogP contribution in [-0.4, -0.2) is 29.2 Å². The molecule has 0 amide bonds. The molecule has 1 aliphatic rings. The van der Waals surface area contributed by atoms with E-state index >= 15 is 0 Å². The van der Waals surface area contributed by atoms with Crippen molar-refractivity contribution in [2.75, 3.05) is 24.5 Å². The Morgan fingerprint density at radius 3 is 2.81 bits per heavy atom. The molecule has 5 nitrogen and oxygen atoms in total. The third-order valence-corrected chi connectivity index (χ3v) is 3.00. The summed E-state index contributed by atoms with van der Waals surface area (Å²) in [4.78, 5) is 18.2. The SMILES string of the molecule is CC(C)n1ccnc(N2CC(CN)C2)c1=O. The molecule has 1 saturated heterocycles. The highest BCUT2D eigenvalue weighted by Gasteiger charge is 2.28. The first-order chi connectivity index (χ1) is 7.63. The van der Waals surface area contributed by atoms with Crippen molar-refractivity contribution in [3.8, 4) is 0 Å². The van der Waals surface area contributed by atoms with E-state index in [2.05, 4.69) is 4.98 Å². The lowest BCUT2D eigenvalue weighted by Crippen LogP contribution is -2.52. The largest absolute Gasteiger partial charge is 0.351 e. The van der Waals surface area contributed by atoms with Crippen LogP contribution < -0.4 is 16.2 Å². The molecule has 16 heavy (non-hydrogen) atoms. The number of aromatic nitrogens is 2. The van der Waals surface area contributed by atoms with Gasteiger partial charge in [-0.1, -0.05) is 0 Å². The highest BCUT2D eigenvalue weighted by Crippen LogP contribution is 2.18. The zero-order valence-corrected chi connectivity index (χ0v) is 9.76. The average molecular weight is 222 g/mol. The number of rotatable bonds is 3. The summed E-state index contributed by atoms with van der Waals surface area (Å²) in [6, 6.07) is 0.167. The Kier molecular flexibility index (Phi) is 2.96. The predicted octanol–water partition coefficient (Wildman–Crippen LogP) is 0.219. The highest BCUT2D eigenvalue weighted by atomic mass is 16.1. The lowest BCUT2D eigenvalue weighted by atomic mass is 10.0. The van der Waals surface area contributed by atoms with Crippen LogP contribution in [0.4, 0.5) is 5.82 Å². The molecule has 2 heterocycles. The molecule has 0 radical (unpaired) electrons. The number of nitrogens with two attached hydrogens (primary N) is 1. The summed E-state index contributed by atoms with van der Waals surface area (Å²) in [6.07, 6.45) is 3.42. The van der Waals surface area contributed by atoms with Crippen LogP contribution in [0.1, 0.15) is 19.9 Å². The second-order valence-corrected chi connectivity index (χ2v) is 4.56. The van der Waals surface area contributed by atoms with Crippen molar-refractivity contribution in [1.29, 1.82) is 0 Å². The monoisotopic (exact) mass is 222 g/mol. The number of hydrogen-bond acceptors (Lipinski definition) is 4. The summed E-state index contributed by atoms with van der Waals surface area (Å²) >= 11 is 0. The van der Waals surface area contributed by atoms with Gasteiger partial charge in [0.15, 0.2) is 5.82 Å². The van der Waals surface area contributed by atoms with E-state index in [0.717, 1.165) is 13.1 Å². The minimum atomic E-state index is -0.00651. The van der Waals surface area contributed by atoms with Crippen molar-refractivity contribution in [1.82, 2.24) is 9.55 Å². The van der Waals surface area contributed by atoms with Crippen LogP contribution in [0.15, 0.2) is 17.2 Å². The molecule has 0 saturated carbocycles. The van der Waals surface area contributed by atoms with E-state index in [9.17, 15) is 4.79 Å². The molecule has 1 aromatic heterocycles. The zero-order valence-electron chi connectivity index (χ0n) is 9.76. The molecule has 0 aromatic carbocycles. The molecule has 1 aromatic rings. The quantitative estimate of drug-likeness (QED) is 0.794. The van der Waals surface area contributed by atoms with E-state index in [1.807, 2.05) is 18.7 Å². The Balaban J connectivity index is 2.23. The van der Waals surface area contributed by atoms with Crippen molar-refractivity contribution in [2.45, 2.75) is 19.9 Å². The fraction of sp³-hybridized carbons (Fsp3) is 0.636. The highest BCUT2D eigenvalue weighted by molar-refractivity contribution is 5.39. The van der Waals surface area contributed by atoms with Crippen molar-refractivity contribution in [2.24, 2.45) is 11.7 Å². The normalized spacial score (nSPS) is 16.6. The van der Waals surface area contributed by atoms with E-state index < -0.39 is 0 Å². The topological polar surface area (TPSA) is 64.2 Å². The van der Waals surface area contributed by atoms with Gasteiger partial charge in [-0.05, 0) is 20.4 Å². The first-order valence-electron chi connectivity index (χ1n) is 5.65. The molecule has 0 atom stereocenters. The average Bonchev–Trinajstić information content (AvgIpc) is 2.18. The molecule has 0 spiro atoms. The Hall–Kier alpha value is -1.36. The number of hydrogen-bond donors (Lipinski definition) is 1. The second-order valence-electron chi connectivity index (χ2n) is 4.56. The van der Waals surface area contributed by atoms with E-state index in [0.29, 0.717) is 18.3 Å². The third-order valence-electron chi connectivity index (χ3n) is 3.00. The van der Waals surface area contributed by atoms with Gasteiger partial charge in [0.25, 0.3) is 5.56 Å². The van der Waals surface area contributed by atoms with Gasteiger partial charge < -0.3 is 15.2 Å².